The van der Waals surface area contributed by atoms with E-state index in [0.717, 1.165) is 0 Å². The van der Waals surface area contributed by atoms with E-state index in [2.05, 4.69) is 49.1 Å². The molecule has 0 amide bonds. The van der Waals surface area contributed by atoms with Gasteiger partial charge in [0.05, 0.1) is 0 Å². The highest BCUT2D eigenvalue weighted by Crippen LogP contribution is 1.40. The molecule has 0 fully saturated rings. The fraction of sp³-hybridized carbons (Fsp3) is 0.250. The Morgan fingerprint density at radius 2 is 1.00 bits per heavy atom. The summed E-state index contributed by atoms with van der Waals surface area (Å²) in [5.41, 5.74) is 8.80. The van der Waals surface area contributed by atoms with Crippen LogP contribution in [0.5, 0.6) is 0 Å². The highest BCUT2D eigenvalue weighted by molar-refractivity contribution is 7.80. The molecule has 0 bridgehead atoms. The maximum absolute atomic E-state index is 7.56. The van der Waals surface area contributed by atoms with Crippen LogP contribution >= 0.6 is 24.4 Å². The second-order valence-corrected chi connectivity index (χ2v) is 2.33. The van der Waals surface area contributed by atoms with E-state index in [1.807, 2.05) is 13.8 Å². The molecule has 0 atom stereocenters. The van der Waals surface area contributed by atoms with E-state index in [1.165, 1.54) is 0 Å². The van der Waals surface area contributed by atoms with Gasteiger partial charge in [0.25, 0.3) is 10.3 Å². The zero-order valence-electron chi connectivity index (χ0n) is 8.43. The van der Waals surface area contributed by atoms with Crippen molar-refractivity contribution in [3.05, 3.63) is 25.3 Å². The summed E-state index contributed by atoms with van der Waals surface area (Å²) in [6.45, 7) is 10.5. The van der Waals surface area contributed by atoms with Gasteiger partial charge in [0.1, 0.15) is 0 Å². The van der Waals surface area contributed by atoms with Gasteiger partial charge in [-0.2, -0.15) is 0 Å². The summed E-state index contributed by atoms with van der Waals surface area (Å²) in [5.74, 6) is 0. The fourth-order valence-corrected chi connectivity index (χ4v) is 0. The van der Waals surface area contributed by atoms with E-state index in [9.17, 15) is 0 Å². The van der Waals surface area contributed by atoms with Crippen LogP contribution in [0.3, 0.4) is 0 Å². The number of allylic oxidation sites excluding steroid dienone is 2. The number of thiocarbonyl (C=S) groups is 2. The van der Waals surface area contributed by atoms with Crippen LogP contribution in [0.1, 0.15) is 13.8 Å². The van der Waals surface area contributed by atoms with Crippen molar-refractivity contribution in [3.63, 3.8) is 0 Å². The van der Waals surface area contributed by atoms with Gasteiger partial charge in [0.2, 0.25) is 0 Å². The van der Waals surface area contributed by atoms with Crippen LogP contribution in [0.15, 0.2) is 25.3 Å². The molecule has 6 heteroatoms. The smallest absolute Gasteiger partial charge is 0.251 e. The van der Waals surface area contributed by atoms with Crippen molar-refractivity contribution in [2.24, 2.45) is 11.5 Å². The normalized spacial score (nSPS) is 5.29. The third kappa shape index (κ3) is 812. The lowest BCUT2D eigenvalue weighted by Gasteiger charge is -1.67. The van der Waals surface area contributed by atoms with E-state index < -0.39 is 10.3 Å². The van der Waals surface area contributed by atoms with Crippen LogP contribution in [0.2, 0.25) is 0 Å². The summed E-state index contributed by atoms with van der Waals surface area (Å²) in [7, 11) is 0. The molecule has 0 aromatic carbocycles. The molecule has 0 aromatic heterocycles. The average molecular weight is 238 g/mol. The van der Waals surface area contributed by atoms with Gasteiger partial charge in [-0.05, 0) is 38.3 Å². The minimum absolute atomic E-state index is 0.500. The predicted molar refractivity (Wildman–Crippen MR) is 70.6 cm³/mol. The van der Waals surface area contributed by atoms with Gasteiger partial charge in [-0.15, -0.1) is 13.2 Å². The molecule has 0 spiro atoms. The van der Waals surface area contributed by atoms with Gasteiger partial charge in [-0.3, -0.25) is 0 Å². The number of aliphatic hydroxyl groups is 2. The first kappa shape index (κ1) is 23.0. The van der Waals surface area contributed by atoms with Crippen LogP contribution in [-0.4, -0.2) is 20.6 Å². The second kappa shape index (κ2) is 29.7. The lowest BCUT2D eigenvalue weighted by atomic mass is 10.8. The standard InChI is InChI=1S/2C3H6.2CH3NOS/c2*1-3-2;2*2-1(3)4/h2*3H,1H2,2H3;2*(H3,2,3,4). The molecule has 84 valence electrons. The lowest BCUT2D eigenvalue weighted by Crippen LogP contribution is -2.03. The zero-order valence-corrected chi connectivity index (χ0v) is 10.1. The third-order valence-corrected chi connectivity index (χ3v) is 0. The summed E-state index contributed by atoms with van der Waals surface area (Å²) < 4.78 is 0. The summed E-state index contributed by atoms with van der Waals surface area (Å²) >= 11 is 7.74. The van der Waals surface area contributed by atoms with Crippen molar-refractivity contribution in [2.75, 3.05) is 0 Å². The summed E-state index contributed by atoms with van der Waals surface area (Å²) in [5, 5.41) is 14.1. The van der Waals surface area contributed by atoms with Gasteiger partial charge in [-0.25, -0.2) is 0 Å². The molecule has 0 saturated heterocycles. The SMILES string of the molecule is C=CC.C=CC.NC(O)=S.NC(O)=S. The van der Waals surface area contributed by atoms with Crippen molar-refractivity contribution >= 4 is 34.8 Å². The molecule has 0 aliphatic heterocycles. The lowest BCUT2D eigenvalue weighted by molar-refractivity contribution is 0.559. The molecule has 0 aliphatic rings. The van der Waals surface area contributed by atoms with E-state index in [4.69, 9.17) is 10.2 Å². The monoisotopic (exact) mass is 238 g/mol. The van der Waals surface area contributed by atoms with Gasteiger partial charge >= 0.3 is 0 Å². The van der Waals surface area contributed by atoms with Crippen LogP contribution in [0, 0.1) is 0 Å². The number of hydrogen-bond donors (Lipinski definition) is 4. The van der Waals surface area contributed by atoms with Crippen LogP contribution in [0.25, 0.3) is 0 Å². The molecule has 0 aliphatic carbocycles. The number of rotatable bonds is 0. The summed E-state index contributed by atoms with van der Waals surface area (Å²) in [4.78, 5) is 0. The third-order valence-electron chi connectivity index (χ3n) is 0. The number of nitrogens with two attached hydrogens (primary N) is 2. The van der Waals surface area contributed by atoms with Gasteiger partial charge < -0.3 is 21.7 Å². The molecule has 0 unspecified atom stereocenters. The largest absolute Gasteiger partial charge is 0.487 e. The van der Waals surface area contributed by atoms with E-state index in [1.54, 1.807) is 12.2 Å². The Hall–Kier alpha value is -1.14. The molecule has 0 rings (SSSR count). The Labute approximate surface area is 95.9 Å². The zero-order chi connectivity index (χ0) is 12.6. The van der Waals surface area contributed by atoms with Crippen LogP contribution < -0.4 is 11.5 Å². The molecular weight excluding hydrogens is 220 g/mol. The van der Waals surface area contributed by atoms with Gasteiger partial charge in [0, 0.05) is 0 Å². The highest BCUT2D eigenvalue weighted by Gasteiger charge is 1.57. The predicted octanol–water partition coefficient (Wildman–Crippen LogP) is 1.96. The quantitative estimate of drug-likeness (QED) is 0.381. The van der Waals surface area contributed by atoms with E-state index >= 15 is 0 Å². The first-order valence-corrected chi connectivity index (χ1v) is 4.22. The van der Waals surface area contributed by atoms with Crippen molar-refractivity contribution < 1.29 is 10.2 Å². The Morgan fingerprint density at radius 3 is 1.00 bits per heavy atom. The molecule has 0 radical (unpaired) electrons. The minimum Gasteiger partial charge on any atom is -0.487 e. The molecule has 4 nitrogen and oxygen atoms in total. The molecular formula is C8H18N2O2S2. The van der Waals surface area contributed by atoms with Crippen LogP contribution in [-0.2, 0) is 0 Å². The maximum atomic E-state index is 7.56. The van der Waals surface area contributed by atoms with Crippen molar-refractivity contribution in [1.29, 1.82) is 0 Å². The Balaban J connectivity index is -0.0000000482. The van der Waals surface area contributed by atoms with Crippen molar-refractivity contribution in [2.45, 2.75) is 13.8 Å². The number of hydrogen-bond acceptors (Lipinski definition) is 2. The van der Waals surface area contributed by atoms with Crippen molar-refractivity contribution in [1.82, 2.24) is 0 Å². The fourth-order valence-electron chi connectivity index (χ4n) is 0. The van der Waals surface area contributed by atoms with Crippen LogP contribution in [0.4, 0.5) is 0 Å². The van der Waals surface area contributed by atoms with Crippen molar-refractivity contribution in [3.8, 4) is 0 Å². The summed E-state index contributed by atoms with van der Waals surface area (Å²) in [6.07, 6.45) is 3.50. The highest BCUT2D eigenvalue weighted by atomic mass is 32.1. The Morgan fingerprint density at radius 1 is 1.00 bits per heavy atom. The number of aliphatic hydroxyl groups excluding tert-OH is 2. The Bertz CT molecular complexity index is 135. The Kier molecular flexibility index (Phi) is 48.9. The molecule has 14 heavy (non-hydrogen) atoms. The van der Waals surface area contributed by atoms with E-state index in [-0.39, 0.29) is 0 Å². The molecule has 6 N–H and O–H groups in total. The van der Waals surface area contributed by atoms with Gasteiger partial charge in [0.15, 0.2) is 0 Å². The summed E-state index contributed by atoms with van der Waals surface area (Å²) in [6, 6.07) is 0. The topological polar surface area (TPSA) is 92.5 Å². The molecule has 0 saturated carbocycles. The molecule has 0 aromatic rings. The minimum atomic E-state index is -0.500. The van der Waals surface area contributed by atoms with E-state index in [0.29, 0.717) is 0 Å². The molecule has 0 heterocycles. The second-order valence-electron chi connectivity index (χ2n) is 1.49. The average Bonchev–Trinajstić information content (AvgIpc) is 1.85. The first-order valence-electron chi connectivity index (χ1n) is 3.40. The van der Waals surface area contributed by atoms with Gasteiger partial charge in [-0.1, -0.05) is 12.2 Å². The first-order chi connectivity index (χ1) is 6.29. The maximum Gasteiger partial charge on any atom is 0.251 e.